The maximum absolute atomic E-state index is 1.60. The highest BCUT2D eigenvalue weighted by Gasteiger charge is 2.60. The minimum atomic E-state index is 1.21. The van der Waals surface area contributed by atoms with Crippen LogP contribution in [0.2, 0.25) is 0 Å². The smallest absolute Gasteiger partial charge is 0.0323 e. The van der Waals surface area contributed by atoms with Crippen molar-refractivity contribution in [3.05, 3.63) is 0 Å². The molecule has 3 aliphatic rings. The first-order valence-electron chi connectivity index (χ1n) is 3.97. The molecule has 0 spiro atoms. The van der Waals surface area contributed by atoms with Gasteiger partial charge < -0.3 is 0 Å². The molecular weight excluding hydrogens is 96.1 g/mol. The Labute approximate surface area is 50.3 Å². The van der Waals surface area contributed by atoms with Crippen molar-refractivity contribution in [2.45, 2.75) is 25.7 Å². The Morgan fingerprint density at radius 2 is 1.38 bits per heavy atom. The third-order valence-electron chi connectivity index (χ3n) is 3.68. The second kappa shape index (κ2) is 0.984. The summed E-state index contributed by atoms with van der Waals surface area (Å²) in [4.78, 5) is 0. The summed E-state index contributed by atoms with van der Waals surface area (Å²) in [6.07, 6.45) is 6.37. The lowest BCUT2D eigenvalue weighted by molar-refractivity contribution is 0.514. The molecule has 3 rings (SSSR count). The molecular formula is C8H12. The van der Waals surface area contributed by atoms with E-state index in [2.05, 4.69) is 0 Å². The fourth-order valence-corrected chi connectivity index (χ4v) is 3.33. The summed E-state index contributed by atoms with van der Waals surface area (Å²) in [5.74, 6) is 4.96. The molecule has 44 valence electrons. The molecule has 2 unspecified atom stereocenters. The van der Waals surface area contributed by atoms with Crippen LogP contribution in [-0.2, 0) is 0 Å². The highest BCUT2D eigenvalue weighted by atomic mass is 14.7. The number of hydrogen-bond donors (Lipinski definition) is 0. The van der Waals surface area contributed by atoms with Crippen LogP contribution in [0.3, 0.4) is 0 Å². The molecule has 3 aliphatic carbocycles. The van der Waals surface area contributed by atoms with E-state index in [-0.39, 0.29) is 0 Å². The predicted molar refractivity (Wildman–Crippen MR) is 32.4 cm³/mol. The van der Waals surface area contributed by atoms with Crippen molar-refractivity contribution in [2.24, 2.45) is 23.7 Å². The van der Waals surface area contributed by atoms with Gasteiger partial charge in [0.1, 0.15) is 0 Å². The lowest BCUT2D eigenvalue weighted by atomic mass is 10.1. The second-order valence-corrected chi connectivity index (χ2v) is 3.82. The molecule has 0 bridgehead atoms. The zero-order valence-corrected chi connectivity index (χ0v) is 5.14. The van der Waals surface area contributed by atoms with Crippen LogP contribution >= 0.6 is 0 Å². The van der Waals surface area contributed by atoms with Gasteiger partial charge in [-0.1, -0.05) is 0 Å². The summed E-state index contributed by atoms with van der Waals surface area (Å²) in [5.41, 5.74) is 0. The van der Waals surface area contributed by atoms with E-state index < -0.39 is 0 Å². The Kier molecular flexibility index (Phi) is 0.482. The van der Waals surface area contributed by atoms with Gasteiger partial charge in [-0.3, -0.25) is 0 Å². The minimum Gasteiger partial charge on any atom is -0.0499 e. The second-order valence-electron chi connectivity index (χ2n) is 3.82. The molecule has 0 amide bonds. The Bertz CT molecular complexity index is 114. The molecule has 0 aromatic heterocycles. The number of hydrogen-bond acceptors (Lipinski definition) is 0. The van der Waals surface area contributed by atoms with E-state index in [1.54, 1.807) is 25.7 Å². The molecule has 0 heteroatoms. The van der Waals surface area contributed by atoms with E-state index in [1.807, 2.05) is 0 Å². The van der Waals surface area contributed by atoms with Crippen molar-refractivity contribution in [2.75, 3.05) is 0 Å². The fraction of sp³-hybridized carbons (Fsp3) is 1.00. The largest absolute Gasteiger partial charge is 0.0499 e. The van der Waals surface area contributed by atoms with Crippen LogP contribution in [-0.4, -0.2) is 0 Å². The molecule has 0 aliphatic heterocycles. The number of fused-ring (bicyclic) bond motifs is 1. The summed E-state index contributed by atoms with van der Waals surface area (Å²) in [6, 6.07) is 0. The summed E-state index contributed by atoms with van der Waals surface area (Å²) in [7, 11) is 0. The maximum Gasteiger partial charge on any atom is -0.0323 e. The maximum atomic E-state index is 1.60. The van der Waals surface area contributed by atoms with Crippen LogP contribution in [0.15, 0.2) is 0 Å². The van der Waals surface area contributed by atoms with Gasteiger partial charge in [0.05, 0.1) is 0 Å². The molecule has 0 heterocycles. The number of rotatable bonds is 0. The van der Waals surface area contributed by atoms with Gasteiger partial charge in [-0.25, -0.2) is 0 Å². The molecule has 8 heavy (non-hydrogen) atoms. The summed E-state index contributed by atoms with van der Waals surface area (Å²) in [6.45, 7) is 0. The molecule has 0 aromatic rings. The molecule has 0 aromatic carbocycles. The van der Waals surface area contributed by atoms with Crippen molar-refractivity contribution >= 4 is 0 Å². The van der Waals surface area contributed by atoms with Crippen LogP contribution < -0.4 is 0 Å². The van der Waals surface area contributed by atoms with E-state index in [0.717, 1.165) is 0 Å². The average molecular weight is 108 g/mol. The monoisotopic (exact) mass is 108 g/mol. The highest BCUT2D eigenvalue weighted by Crippen LogP contribution is 2.68. The first-order chi connectivity index (χ1) is 3.97. The summed E-state index contributed by atoms with van der Waals surface area (Å²) < 4.78 is 0. The van der Waals surface area contributed by atoms with Gasteiger partial charge in [0.25, 0.3) is 0 Å². The molecule has 0 radical (unpaired) electrons. The van der Waals surface area contributed by atoms with Crippen LogP contribution in [0.5, 0.6) is 0 Å². The minimum absolute atomic E-state index is 1.21. The van der Waals surface area contributed by atoms with E-state index >= 15 is 0 Å². The average Bonchev–Trinajstić information content (AvgIpc) is 2.11. The van der Waals surface area contributed by atoms with Gasteiger partial charge in [-0.05, 0) is 49.4 Å². The fourth-order valence-electron chi connectivity index (χ4n) is 3.33. The van der Waals surface area contributed by atoms with Gasteiger partial charge in [0.15, 0.2) is 0 Å². The van der Waals surface area contributed by atoms with Crippen molar-refractivity contribution in [3.8, 4) is 0 Å². The first-order valence-corrected chi connectivity index (χ1v) is 3.97. The van der Waals surface area contributed by atoms with Gasteiger partial charge >= 0.3 is 0 Å². The summed E-state index contributed by atoms with van der Waals surface area (Å²) in [5, 5.41) is 0. The summed E-state index contributed by atoms with van der Waals surface area (Å²) >= 11 is 0. The van der Waals surface area contributed by atoms with Crippen molar-refractivity contribution < 1.29 is 0 Å². The van der Waals surface area contributed by atoms with Crippen molar-refractivity contribution in [3.63, 3.8) is 0 Å². The predicted octanol–water partition coefficient (Wildman–Crippen LogP) is 2.05. The van der Waals surface area contributed by atoms with Gasteiger partial charge in [-0.15, -0.1) is 0 Å². The first kappa shape index (κ1) is 3.92. The molecule has 0 saturated heterocycles. The zero-order valence-electron chi connectivity index (χ0n) is 5.14. The van der Waals surface area contributed by atoms with E-state index in [4.69, 9.17) is 0 Å². The van der Waals surface area contributed by atoms with Crippen molar-refractivity contribution in [1.82, 2.24) is 0 Å². The SMILES string of the molecule is C1CC2C3CCC1C23. The Hall–Kier alpha value is 0. The normalized spacial score (nSPS) is 66.0. The van der Waals surface area contributed by atoms with Gasteiger partial charge in [0.2, 0.25) is 0 Å². The van der Waals surface area contributed by atoms with E-state index in [1.165, 1.54) is 23.7 Å². The van der Waals surface area contributed by atoms with E-state index in [9.17, 15) is 0 Å². The molecule has 3 saturated carbocycles. The molecule has 0 N–H and O–H groups in total. The topological polar surface area (TPSA) is 0 Å². The highest BCUT2D eigenvalue weighted by molar-refractivity contribution is 5.09. The Morgan fingerprint density at radius 3 is 1.75 bits per heavy atom. The molecule has 2 atom stereocenters. The van der Waals surface area contributed by atoms with Gasteiger partial charge in [0, 0.05) is 0 Å². The lowest BCUT2D eigenvalue weighted by Gasteiger charge is -1.99. The van der Waals surface area contributed by atoms with Crippen LogP contribution in [0, 0.1) is 23.7 Å². The van der Waals surface area contributed by atoms with Gasteiger partial charge in [-0.2, -0.15) is 0 Å². The third kappa shape index (κ3) is 0.260. The van der Waals surface area contributed by atoms with Crippen LogP contribution in [0.25, 0.3) is 0 Å². The van der Waals surface area contributed by atoms with E-state index in [0.29, 0.717) is 0 Å². The Balaban J connectivity index is 2.02. The van der Waals surface area contributed by atoms with Crippen LogP contribution in [0.1, 0.15) is 25.7 Å². The third-order valence-corrected chi connectivity index (χ3v) is 3.68. The quantitative estimate of drug-likeness (QED) is 0.445. The molecule has 0 nitrogen and oxygen atoms in total. The lowest BCUT2D eigenvalue weighted by Crippen LogP contribution is -1.89. The van der Waals surface area contributed by atoms with Crippen LogP contribution in [0.4, 0.5) is 0 Å². The Morgan fingerprint density at radius 1 is 0.750 bits per heavy atom. The molecule has 3 fully saturated rings. The standard InChI is InChI=1S/C8H12/c1-3-6-7-4-2-5(1)8(6)7/h5-8H,1-4H2. The zero-order chi connectivity index (χ0) is 5.14. The van der Waals surface area contributed by atoms with Crippen molar-refractivity contribution in [1.29, 1.82) is 0 Å².